The van der Waals surface area contributed by atoms with Crippen LogP contribution in [-0.2, 0) is 13.5 Å². The maximum absolute atomic E-state index is 14.0. The highest BCUT2D eigenvalue weighted by atomic mass is 19.1. The van der Waals surface area contributed by atoms with E-state index in [4.69, 9.17) is 5.10 Å². The van der Waals surface area contributed by atoms with Gasteiger partial charge in [-0.3, -0.25) is 19.4 Å². The fourth-order valence-corrected chi connectivity index (χ4v) is 5.50. The molecule has 2 bridgehead atoms. The van der Waals surface area contributed by atoms with Crippen LogP contribution in [0.15, 0.2) is 48.8 Å². The third kappa shape index (κ3) is 3.12. The molecule has 2 aliphatic rings. The molecule has 2 atom stereocenters. The van der Waals surface area contributed by atoms with Gasteiger partial charge < -0.3 is 4.90 Å². The van der Waals surface area contributed by atoms with Gasteiger partial charge in [0, 0.05) is 48.1 Å². The lowest BCUT2D eigenvalue weighted by Gasteiger charge is -2.45. The molecule has 3 aromatic heterocycles. The quantitative estimate of drug-likeness (QED) is 0.452. The summed E-state index contributed by atoms with van der Waals surface area (Å²) in [6.45, 7) is 0. The second-order valence-corrected chi connectivity index (χ2v) is 8.74. The molecule has 2 aliphatic heterocycles. The number of nitrogens with zero attached hydrogens (tertiary/aromatic N) is 5. The van der Waals surface area contributed by atoms with Gasteiger partial charge in [0.2, 0.25) is 0 Å². The first kappa shape index (κ1) is 20.0. The van der Waals surface area contributed by atoms with E-state index in [1.54, 1.807) is 36.3 Å². The number of benzene rings is 1. The Hall–Kier alpha value is -3.68. The number of carbonyl (C=O) groups is 1. The minimum absolute atomic E-state index is 0.0289. The molecule has 0 unspecified atom stereocenters. The van der Waals surface area contributed by atoms with Crippen molar-refractivity contribution in [1.82, 2.24) is 24.6 Å². The summed E-state index contributed by atoms with van der Waals surface area (Å²) in [5.41, 5.74) is 4.06. The van der Waals surface area contributed by atoms with Gasteiger partial charge >= 0.3 is 0 Å². The number of aryl methyl sites for hydroxylation is 1. The average molecular weight is 445 g/mol. The lowest BCUT2D eigenvalue weighted by atomic mass is 9.81. The number of rotatable bonds is 2. The van der Waals surface area contributed by atoms with E-state index in [0.29, 0.717) is 23.4 Å². The summed E-state index contributed by atoms with van der Waals surface area (Å²) in [7, 11) is 1.78. The third-order valence-electron chi connectivity index (χ3n) is 6.78. The van der Waals surface area contributed by atoms with Crippen molar-refractivity contribution in [3.63, 3.8) is 0 Å². The third-order valence-corrected chi connectivity index (χ3v) is 6.78. The maximum atomic E-state index is 14.0. The average Bonchev–Trinajstić information content (AvgIpc) is 3.13. The zero-order valence-corrected chi connectivity index (χ0v) is 18.0. The Morgan fingerprint density at radius 1 is 1.06 bits per heavy atom. The van der Waals surface area contributed by atoms with Crippen molar-refractivity contribution in [2.45, 2.75) is 37.8 Å². The molecule has 8 heteroatoms. The Balaban J connectivity index is 1.46. The van der Waals surface area contributed by atoms with Crippen LogP contribution in [0.5, 0.6) is 0 Å². The molecule has 0 N–H and O–H groups in total. The highest BCUT2D eigenvalue weighted by molar-refractivity contribution is 6.04. The summed E-state index contributed by atoms with van der Waals surface area (Å²) in [6.07, 6.45) is 6.53. The summed E-state index contributed by atoms with van der Waals surface area (Å²) in [4.78, 5) is 24.5. The van der Waals surface area contributed by atoms with Crippen LogP contribution in [0.4, 0.5) is 8.78 Å². The summed E-state index contributed by atoms with van der Waals surface area (Å²) < 4.78 is 29.6. The number of hydrogen-bond donors (Lipinski definition) is 0. The normalized spacial score (nSPS) is 19.5. The summed E-state index contributed by atoms with van der Waals surface area (Å²) >= 11 is 0. The van der Waals surface area contributed by atoms with Crippen molar-refractivity contribution in [1.29, 1.82) is 0 Å². The van der Waals surface area contributed by atoms with Crippen LogP contribution in [0.3, 0.4) is 0 Å². The minimum atomic E-state index is -0.622. The fourth-order valence-electron chi connectivity index (χ4n) is 5.50. The van der Waals surface area contributed by atoms with E-state index >= 15 is 0 Å². The van der Waals surface area contributed by atoms with Crippen molar-refractivity contribution in [3.05, 3.63) is 77.4 Å². The van der Waals surface area contributed by atoms with Crippen molar-refractivity contribution in [3.8, 4) is 11.3 Å². The Labute approximate surface area is 188 Å². The SMILES string of the molecule is Cn1nc2c(c1-c1cc(F)cc(F)c1)C[C@H]1CCC[C@@H]2N1C(=O)c1nccc2ncccc12. The predicted molar refractivity (Wildman–Crippen MR) is 118 cm³/mol. The summed E-state index contributed by atoms with van der Waals surface area (Å²) in [5.74, 6) is -1.37. The van der Waals surface area contributed by atoms with Crippen LogP contribution in [0.25, 0.3) is 22.2 Å². The van der Waals surface area contributed by atoms with E-state index in [9.17, 15) is 13.6 Å². The molecule has 1 fully saturated rings. The monoisotopic (exact) mass is 445 g/mol. The number of carbonyl (C=O) groups excluding carboxylic acids is 1. The van der Waals surface area contributed by atoms with Gasteiger partial charge in [0.25, 0.3) is 5.91 Å². The molecular formula is C25H21F2N5O. The van der Waals surface area contributed by atoms with Gasteiger partial charge in [-0.25, -0.2) is 8.78 Å². The number of piperidine rings is 1. The van der Waals surface area contributed by atoms with Crippen molar-refractivity contribution in [2.24, 2.45) is 7.05 Å². The second-order valence-electron chi connectivity index (χ2n) is 8.74. The number of halogens is 2. The van der Waals surface area contributed by atoms with Gasteiger partial charge in [0.15, 0.2) is 0 Å². The van der Waals surface area contributed by atoms with Crippen molar-refractivity contribution >= 4 is 16.8 Å². The smallest absolute Gasteiger partial charge is 0.273 e. The van der Waals surface area contributed by atoms with Gasteiger partial charge in [0.1, 0.15) is 17.3 Å². The molecule has 5 heterocycles. The zero-order chi connectivity index (χ0) is 22.7. The summed E-state index contributed by atoms with van der Waals surface area (Å²) in [5, 5.41) is 5.47. The van der Waals surface area contributed by atoms with E-state index in [2.05, 4.69) is 9.97 Å². The van der Waals surface area contributed by atoms with Crippen molar-refractivity contribution in [2.75, 3.05) is 0 Å². The van der Waals surface area contributed by atoms with E-state index in [-0.39, 0.29) is 18.0 Å². The Bertz CT molecular complexity index is 1390. The zero-order valence-electron chi connectivity index (χ0n) is 18.0. The van der Waals surface area contributed by atoms with Crippen LogP contribution in [0.1, 0.15) is 47.1 Å². The fraction of sp³-hybridized carbons (Fsp3) is 0.280. The second kappa shape index (κ2) is 7.43. The molecule has 4 aromatic rings. The van der Waals surface area contributed by atoms with Gasteiger partial charge in [-0.2, -0.15) is 5.10 Å². The lowest BCUT2D eigenvalue weighted by Crippen LogP contribution is -2.50. The van der Waals surface area contributed by atoms with Crippen LogP contribution in [0, 0.1) is 11.6 Å². The maximum Gasteiger partial charge on any atom is 0.273 e. The summed E-state index contributed by atoms with van der Waals surface area (Å²) in [6, 6.07) is 8.77. The van der Waals surface area contributed by atoms with Gasteiger partial charge in [-0.15, -0.1) is 0 Å². The number of pyridine rings is 2. The molecule has 0 saturated carbocycles. The lowest BCUT2D eigenvalue weighted by molar-refractivity contribution is 0.0388. The first-order valence-corrected chi connectivity index (χ1v) is 11.1. The van der Waals surface area contributed by atoms with E-state index in [1.807, 2.05) is 11.0 Å². The minimum Gasteiger partial charge on any atom is -0.325 e. The molecular weight excluding hydrogens is 424 g/mol. The Kier molecular flexibility index (Phi) is 4.50. The van der Waals surface area contributed by atoms with E-state index in [0.717, 1.165) is 47.5 Å². The number of aromatic nitrogens is 4. The number of hydrogen-bond acceptors (Lipinski definition) is 4. The predicted octanol–water partition coefficient (Wildman–Crippen LogP) is 4.60. The first-order chi connectivity index (χ1) is 16.0. The van der Waals surface area contributed by atoms with Gasteiger partial charge in [0.05, 0.1) is 22.9 Å². The van der Waals surface area contributed by atoms with Crippen LogP contribution < -0.4 is 0 Å². The molecule has 6 rings (SSSR count). The van der Waals surface area contributed by atoms with Gasteiger partial charge in [-0.05, 0) is 56.0 Å². The molecule has 0 radical (unpaired) electrons. The largest absolute Gasteiger partial charge is 0.325 e. The molecule has 0 spiro atoms. The standard InChI is InChI=1S/C25H21F2N5O/c1-31-24(14-10-15(26)12-16(27)11-14)19-13-17-4-2-6-21(22(19)30-31)32(17)25(33)23-18-5-3-8-28-20(18)7-9-29-23/h3,5,7-12,17,21H,2,4,6,13H2,1H3/t17-,21+/m1/s1. The van der Waals surface area contributed by atoms with E-state index in [1.165, 1.54) is 12.1 Å². The number of amides is 1. The van der Waals surface area contributed by atoms with Crippen LogP contribution in [-0.4, -0.2) is 36.6 Å². The van der Waals surface area contributed by atoms with E-state index < -0.39 is 11.6 Å². The topological polar surface area (TPSA) is 63.9 Å². The Morgan fingerprint density at radius 3 is 2.70 bits per heavy atom. The van der Waals surface area contributed by atoms with Crippen molar-refractivity contribution < 1.29 is 13.6 Å². The van der Waals surface area contributed by atoms with Crippen LogP contribution in [0.2, 0.25) is 0 Å². The number of fused-ring (bicyclic) bond motifs is 5. The molecule has 0 aliphatic carbocycles. The van der Waals surface area contributed by atoms with Gasteiger partial charge in [-0.1, -0.05) is 0 Å². The first-order valence-electron chi connectivity index (χ1n) is 11.1. The van der Waals surface area contributed by atoms with Crippen LogP contribution >= 0.6 is 0 Å². The molecule has 1 saturated heterocycles. The highest BCUT2D eigenvalue weighted by Gasteiger charge is 2.44. The molecule has 1 aromatic carbocycles. The molecule has 6 nitrogen and oxygen atoms in total. The Morgan fingerprint density at radius 2 is 1.88 bits per heavy atom. The molecule has 33 heavy (non-hydrogen) atoms. The highest BCUT2D eigenvalue weighted by Crippen LogP contribution is 2.45. The molecule has 1 amide bonds. The molecule has 166 valence electrons.